The number of aliphatic carboxylic acids is 2. The van der Waals surface area contributed by atoms with Crippen molar-refractivity contribution in [2.45, 2.75) is 31.7 Å². The zero-order valence-corrected chi connectivity index (χ0v) is 11.2. The maximum atomic E-state index is 11.5. The van der Waals surface area contributed by atoms with E-state index in [0.29, 0.717) is 25.2 Å². The van der Waals surface area contributed by atoms with E-state index in [1.165, 1.54) is 6.33 Å². The van der Waals surface area contributed by atoms with Gasteiger partial charge in [-0.25, -0.2) is 14.6 Å². The monoisotopic (exact) mass is 299 g/mol. The highest BCUT2D eigenvalue weighted by atomic mass is 16.4. The van der Waals surface area contributed by atoms with Gasteiger partial charge in [-0.15, -0.1) is 0 Å². The van der Waals surface area contributed by atoms with E-state index in [0.717, 1.165) is 0 Å². The second kappa shape index (κ2) is 8.51. The number of hydrogen-bond donors (Lipinski definition) is 5. The van der Waals surface area contributed by atoms with Crippen LogP contribution in [0.2, 0.25) is 0 Å². The third-order valence-electron chi connectivity index (χ3n) is 2.59. The van der Waals surface area contributed by atoms with Gasteiger partial charge in [-0.1, -0.05) is 0 Å². The van der Waals surface area contributed by atoms with Gasteiger partial charge in [-0.2, -0.15) is 5.10 Å². The number of aromatic amines is 1. The maximum Gasteiger partial charge on any atom is 0.326 e. The van der Waals surface area contributed by atoms with E-state index in [-0.39, 0.29) is 12.8 Å². The summed E-state index contributed by atoms with van der Waals surface area (Å²) in [5.41, 5.74) is 0. The third kappa shape index (κ3) is 6.89. The first-order valence-electron chi connectivity index (χ1n) is 6.32. The third-order valence-corrected chi connectivity index (χ3v) is 2.59. The van der Waals surface area contributed by atoms with E-state index in [4.69, 9.17) is 10.2 Å². The van der Waals surface area contributed by atoms with Crippen LogP contribution in [0.4, 0.5) is 4.79 Å². The fourth-order valence-electron chi connectivity index (χ4n) is 1.54. The van der Waals surface area contributed by atoms with Gasteiger partial charge in [0.1, 0.15) is 18.2 Å². The van der Waals surface area contributed by atoms with E-state index in [1.54, 1.807) is 0 Å². The van der Waals surface area contributed by atoms with Crippen LogP contribution in [0.5, 0.6) is 0 Å². The van der Waals surface area contributed by atoms with Crippen molar-refractivity contribution in [2.24, 2.45) is 0 Å². The SMILES string of the molecule is O=C(O)CC[C@H](NC(=O)NCCCc1ncn[nH]1)C(=O)O. The van der Waals surface area contributed by atoms with Crippen LogP contribution >= 0.6 is 0 Å². The van der Waals surface area contributed by atoms with Crippen LogP contribution < -0.4 is 10.6 Å². The van der Waals surface area contributed by atoms with Crippen molar-refractivity contribution in [1.29, 1.82) is 0 Å². The molecular weight excluding hydrogens is 282 g/mol. The lowest BCUT2D eigenvalue weighted by atomic mass is 10.1. The Bertz CT molecular complexity index is 475. The molecule has 0 fully saturated rings. The number of aryl methyl sites for hydroxylation is 1. The van der Waals surface area contributed by atoms with Gasteiger partial charge >= 0.3 is 18.0 Å². The summed E-state index contributed by atoms with van der Waals surface area (Å²) in [6, 6.07) is -1.87. The number of H-pyrrole nitrogens is 1. The first-order valence-corrected chi connectivity index (χ1v) is 6.32. The molecule has 0 saturated carbocycles. The summed E-state index contributed by atoms with van der Waals surface area (Å²) in [5, 5.41) is 28.5. The molecule has 0 radical (unpaired) electrons. The Kier molecular flexibility index (Phi) is 6.65. The average Bonchev–Trinajstić information content (AvgIpc) is 2.92. The number of carboxylic acid groups (broad SMARTS) is 2. The molecule has 2 amide bonds. The summed E-state index contributed by atoms with van der Waals surface area (Å²) in [5.74, 6) is -1.69. The minimum absolute atomic E-state index is 0.170. The maximum absolute atomic E-state index is 11.5. The lowest BCUT2D eigenvalue weighted by Crippen LogP contribution is -2.46. The van der Waals surface area contributed by atoms with E-state index >= 15 is 0 Å². The van der Waals surface area contributed by atoms with Gasteiger partial charge < -0.3 is 20.8 Å². The van der Waals surface area contributed by atoms with Crippen molar-refractivity contribution >= 4 is 18.0 Å². The zero-order chi connectivity index (χ0) is 15.7. The smallest absolute Gasteiger partial charge is 0.326 e. The van der Waals surface area contributed by atoms with Crippen LogP contribution in [0.3, 0.4) is 0 Å². The molecular formula is C11H17N5O5. The van der Waals surface area contributed by atoms with Crippen molar-refractivity contribution in [1.82, 2.24) is 25.8 Å². The van der Waals surface area contributed by atoms with Crippen molar-refractivity contribution in [3.8, 4) is 0 Å². The molecule has 1 rings (SSSR count). The molecule has 10 heteroatoms. The highest BCUT2D eigenvalue weighted by molar-refractivity contribution is 5.82. The van der Waals surface area contributed by atoms with Gasteiger partial charge in [-0.05, 0) is 12.8 Å². The predicted octanol–water partition coefficient (Wildman–Crippen LogP) is -0.645. The van der Waals surface area contributed by atoms with Crippen molar-refractivity contribution in [2.75, 3.05) is 6.54 Å². The minimum Gasteiger partial charge on any atom is -0.481 e. The molecule has 0 aromatic carbocycles. The van der Waals surface area contributed by atoms with Crippen LogP contribution in [0.25, 0.3) is 0 Å². The molecule has 0 unspecified atom stereocenters. The Balaban J connectivity index is 2.23. The number of carbonyl (C=O) groups is 3. The zero-order valence-electron chi connectivity index (χ0n) is 11.2. The van der Waals surface area contributed by atoms with E-state index in [1.807, 2.05) is 0 Å². The Hall–Kier alpha value is -2.65. The molecule has 0 saturated heterocycles. The molecule has 1 aromatic rings. The number of aromatic nitrogens is 3. The second-order valence-electron chi connectivity index (χ2n) is 4.26. The lowest BCUT2D eigenvalue weighted by Gasteiger charge is -2.14. The number of carbonyl (C=O) groups excluding carboxylic acids is 1. The fourth-order valence-corrected chi connectivity index (χ4v) is 1.54. The highest BCUT2D eigenvalue weighted by Crippen LogP contribution is 1.98. The number of carboxylic acids is 2. The highest BCUT2D eigenvalue weighted by Gasteiger charge is 2.20. The lowest BCUT2D eigenvalue weighted by molar-refractivity contribution is -0.140. The molecule has 0 aliphatic heterocycles. The van der Waals surface area contributed by atoms with Crippen LogP contribution in [0.15, 0.2) is 6.33 Å². The number of nitrogens with one attached hydrogen (secondary N) is 3. The molecule has 1 aromatic heterocycles. The molecule has 10 nitrogen and oxygen atoms in total. The first-order chi connectivity index (χ1) is 9.99. The topological polar surface area (TPSA) is 157 Å². The van der Waals surface area contributed by atoms with Gasteiger partial charge in [0, 0.05) is 19.4 Å². The summed E-state index contributed by atoms with van der Waals surface area (Å²) < 4.78 is 0. The average molecular weight is 299 g/mol. The van der Waals surface area contributed by atoms with Crippen LogP contribution in [-0.4, -0.2) is 56.0 Å². The van der Waals surface area contributed by atoms with Gasteiger partial charge in [-0.3, -0.25) is 9.89 Å². The second-order valence-corrected chi connectivity index (χ2v) is 4.26. The van der Waals surface area contributed by atoms with Gasteiger partial charge in [0.15, 0.2) is 0 Å². The van der Waals surface area contributed by atoms with Gasteiger partial charge in [0.25, 0.3) is 0 Å². The minimum atomic E-state index is -1.27. The predicted molar refractivity (Wildman–Crippen MR) is 69.5 cm³/mol. The molecule has 1 heterocycles. The van der Waals surface area contributed by atoms with Crippen molar-refractivity contribution in [3.63, 3.8) is 0 Å². The van der Waals surface area contributed by atoms with Crippen molar-refractivity contribution in [3.05, 3.63) is 12.2 Å². The summed E-state index contributed by atoms with van der Waals surface area (Å²) in [6.07, 6.45) is 2.09. The molecule has 0 spiro atoms. The summed E-state index contributed by atoms with van der Waals surface area (Å²) >= 11 is 0. The van der Waals surface area contributed by atoms with Crippen LogP contribution in [0.1, 0.15) is 25.1 Å². The Morgan fingerprint density at radius 1 is 1.33 bits per heavy atom. The molecule has 116 valence electrons. The van der Waals surface area contributed by atoms with Crippen molar-refractivity contribution < 1.29 is 24.6 Å². The summed E-state index contributed by atoms with van der Waals surface area (Å²) in [6.45, 7) is 0.331. The van der Waals surface area contributed by atoms with Crippen LogP contribution in [0, 0.1) is 0 Å². The van der Waals surface area contributed by atoms with E-state index < -0.39 is 24.0 Å². The van der Waals surface area contributed by atoms with E-state index in [9.17, 15) is 14.4 Å². The molecule has 21 heavy (non-hydrogen) atoms. The van der Waals surface area contributed by atoms with Gasteiger partial charge in [0.2, 0.25) is 0 Å². The number of rotatable bonds is 9. The number of hydrogen-bond acceptors (Lipinski definition) is 5. The quantitative estimate of drug-likeness (QED) is 0.379. The van der Waals surface area contributed by atoms with E-state index in [2.05, 4.69) is 25.8 Å². The fraction of sp³-hybridized carbons (Fsp3) is 0.545. The Morgan fingerprint density at radius 3 is 2.67 bits per heavy atom. The molecule has 0 bridgehead atoms. The summed E-state index contributed by atoms with van der Waals surface area (Å²) in [7, 11) is 0. The molecule has 5 N–H and O–H groups in total. The standard InChI is InChI=1S/C11H17N5O5/c17-9(18)4-3-7(10(19)20)15-11(21)12-5-1-2-8-13-6-14-16-8/h6-7H,1-5H2,(H,17,18)(H,19,20)(H2,12,15,21)(H,13,14,16)/t7-/m0/s1. The first kappa shape index (κ1) is 16.4. The molecule has 0 aliphatic carbocycles. The summed E-state index contributed by atoms with van der Waals surface area (Å²) in [4.78, 5) is 36.7. The largest absolute Gasteiger partial charge is 0.481 e. The van der Waals surface area contributed by atoms with Gasteiger partial charge in [0.05, 0.1) is 0 Å². The Labute approximate surface area is 120 Å². The Morgan fingerprint density at radius 2 is 2.10 bits per heavy atom. The number of urea groups is 1. The normalized spacial score (nSPS) is 11.6. The van der Waals surface area contributed by atoms with Crippen LogP contribution in [-0.2, 0) is 16.0 Å². The molecule has 0 aliphatic rings. The number of nitrogens with zero attached hydrogens (tertiary/aromatic N) is 2. The molecule has 1 atom stereocenters. The number of amides is 2.